The van der Waals surface area contributed by atoms with E-state index in [0.717, 1.165) is 0 Å². The molecule has 0 saturated carbocycles. The van der Waals surface area contributed by atoms with E-state index in [4.69, 9.17) is 16.7 Å². The molecule has 2 N–H and O–H groups in total. The van der Waals surface area contributed by atoms with Crippen molar-refractivity contribution in [3.63, 3.8) is 0 Å². The van der Waals surface area contributed by atoms with E-state index < -0.39 is 11.8 Å². The lowest BCUT2D eigenvalue weighted by atomic mass is 10.2. The van der Waals surface area contributed by atoms with Crippen molar-refractivity contribution >= 4 is 23.3 Å². The highest BCUT2D eigenvalue weighted by molar-refractivity contribution is 6.31. The fraction of sp³-hybridized carbons (Fsp3) is 0.167. The van der Waals surface area contributed by atoms with Gasteiger partial charge < -0.3 is 10.4 Å². The lowest BCUT2D eigenvalue weighted by molar-refractivity contribution is 0.0695. The van der Waals surface area contributed by atoms with Gasteiger partial charge in [-0.1, -0.05) is 11.6 Å². The van der Waals surface area contributed by atoms with Crippen LogP contribution in [0.2, 0.25) is 5.02 Å². The molecular weight excluding hydrogens is 273 g/mol. The van der Waals surface area contributed by atoms with Crippen molar-refractivity contribution in [2.24, 2.45) is 7.05 Å². The van der Waals surface area contributed by atoms with Gasteiger partial charge in [-0.05, 0) is 18.2 Å². The highest BCUT2D eigenvalue weighted by atomic mass is 35.5. The van der Waals surface area contributed by atoms with E-state index in [2.05, 4.69) is 10.4 Å². The Morgan fingerprint density at radius 1 is 1.58 bits per heavy atom. The molecule has 0 aliphatic rings. The molecule has 0 radical (unpaired) electrons. The Morgan fingerprint density at radius 3 is 2.95 bits per heavy atom. The highest BCUT2D eigenvalue weighted by Crippen LogP contribution is 2.20. The van der Waals surface area contributed by atoms with Crippen LogP contribution in [0, 0.1) is 5.82 Å². The summed E-state index contributed by atoms with van der Waals surface area (Å²) < 4.78 is 14.5. The number of aromatic carboxylic acids is 1. The lowest BCUT2D eigenvalue weighted by Gasteiger charge is -2.08. The number of rotatable bonds is 4. The number of carboxylic acid groups (broad SMARTS) is 1. The summed E-state index contributed by atoms with van der Waals surface area (Å²) >= 11 is 5.66. The summed E-state index contributed by atoms with van der Waals surface area (Å²) in [5, 5.41) is 15.9. The van der Waals surface area contributed by atoms with Gasteiger partial charge in [0.15, 0.2) is 0 Å². The minimum Gasteiger partial charge on any atom is -0.478 e. The maximum absolute atomic E-state index is 13.0. The Hall–Kier alpha value is -2.08. The van der Waals surface area contributed by atoms with Crippen molar-refractivity contribution in [2.75, 3.05) is 5.32 Å². The molecule has 0 amide bonds. The number of hydrogen-bond acceptors (Lipinski definition) is 3. The zero-order valence-electron chi connectivity index (χ0n) is 10.0. The predicted octanol–water partition coefficient (Wildman–Crippen LogP) is 2.52. The monoisotopic (exact) mass is 283 g/mol. The first-order valence-corrected chi connectivity index (χ1v) is 5.80. The standard InChI is InChI=1S/C12H11ClFN3O2/c1-17-11(8(5-16-17)12(18)19)6-15-7-2-3-10(14)9(13)4-7/h2-5,15H,6H2,1H3,(H,18,19). The first kappa shape index (κ1) is 13.4. The van der Waals surface area contributed by atoms with Crippen LogP contribution in [0.4, 0.5) is 10.1 Å². The summed E-state index contributed by atoms with van der Waals surface area (Å²) in [6.07, 6.45) is 1.29. The molecule has 2 rings (SSSR count). The molecule has 0 bridgehead atoms. The van der Waals surface area contributed by atoms with Crippen LogP contribution in [0.15, 0.2) is 24.4 Å². The third-order valence-corrected chi connectivity index (χ3v) is 2.96. The number of carbonyl (C=O) groups is 1. The van der Waals surface area contributed by atoms with Crippen LogP contribution in [0.3, 0.4) is 0 Å². The fourth-order valence-electron chi connectivity index (χ4n) is 1.64. The third-order valence-electron chi connectivity index (χ3n) is 2.67. The van der Waals surface area contributed by atoms with Gasteiger partial charge in [-0.15, -0.1) is 0 Å². The molecule has 0 saturated heterocycles. The number of nitrogens with one attached hydrogen (secondary N) is 1. The summed E-state index contributed by atoms with van der Waals surface area (Å²) in [6.45, 7) is 0.250. The molecule has 5 nitrogen and oxygen atoms in total. The van der Waals surface area contributed by atoms with Crippen molar-refractivity contribution < 1.29 is 14.3 Å². The van der Waals surface area contributed by atoms with Gasteiger partial charge in [-0.3, -0.25) is 4.68 Å². The van der Waals surface area contributed by atoms with Gasteiger partial charge in [-0.2, -0.15) is 5.10 Å². The Balaban J connectivity index is 2.16. The Kier molecular flexibility index (Phi) is 3.71. The minimum atomic E-state index is -1.04. The number of aryl methyl sites for hydroxylation is 1. The molecule has 0 spiro atoms. The van der Waals surface area contributed by atoms with Gasteiger partial charge in [0, 0.05) is 12.7 Å². The zero-order valence-corrected chi connectivity index (χ0v) is 10.8. The average molecular weight is 284 g/mol. The number of halogens is 2. The Morgan fingerprint density at radius 2 is 2.32 bits per heavy atom. The summed E-state index contributed by atoms with van der Waals surface area (Å²) in [5.41, 5.74) is 1.25. The predicted molar refractivity (Wildman–Crippen MR) is 68.9 cm³/mol. The molecule has 1 aromatic carbocycles. The first-order valence-electron chi connectivity index (χ1n) is 5.42. The molecule has 0 aliphatic heterocycles. The van der Waals surface area contributed by atoms with Crippen LogP contribution < -0.4 is 5.32 Å². The second-order valence-electron chi connectivity index (χ2n) is 3.92. The van der Waals surface area contributed by atoms with E-state index in [1.165, 1.54) is 29.1 Å². The van der Waals surface area contributed by atoms with E-state index in [1.54, 1.807) is 7.05 Å². The molecular formula is C12H11ClFN3O2. The van der Waals surface area contributed by atoms with Crippen molar-refractivity contribution in [3.05, 3.63) is 46.5 Å². The van der Waals surface area contributed by atoms with Crippen molar-refractivity contribution in [1.29, 1.82) is 0 Å². The molecule has 2 aromatic rings. The largest absolute Gasteiger partial charge is 0.478 e. The number of anilines is 1. The number of hydrogen-bond donors (Lipinski definition) is 2. The quantitative estimate of drug-likeness (QED) is 0.905. The van der Waals surface area contributed by atoms with Gasteiger partial charge in [0.05, 0.1) is 23.5 Å². The van der Waals surface area contributed by atoms with Crippen LogP contribution in [0.1, 0.15) is 16.1 Å². The summed E-state index contributed by atoms with van der Waals surface area (Å²) in [7, 11) is 1.65. The van der Waals surface area contributed by atoms with Crippen LogP contribution in [0.25, 0.3) is 0 Å². The molecule has 7 heteroatoms. The molecule has 1 aromatic heterocycles. The van der Waals surface area contributed by atoms with E-state index in [1.807, 2.05) is 0 Å². The molecule has 19 heavy (non-hydrogen) atoms. The second kappa shape index (κ2) is 5.27. The minimum absolute atomic E-state index is 0.00784. The number of benzene rings is 1. The maximum atomic E-state index is 13.0. The van der Waals surface area contributed by atoms with Gasteiger partial charge >= 0.3 is 5.97 Å². The van der Waals surface area contributed by atoms with Crippen molar-refractivity contribution in [2.45, 2.75) is 6.54 Å². The van der Waals surface area contributed by atoms with E-state index in [0.29, 0.717) is 11.4 Å². The normalized spacial score (nSPS) is 10.5. The van der Waals surface area contributed by atoms with E-state index in [-0.39, 0.29) is 17.1 Å². The van der Waals surface area contributed by atoms with Crippen LogP contribution >= 0.6 is 11.6 Å². The molecule has 0 unspecified atom stereocenters. The van der Waals surface area contributed by atoms with Gasteiger partial charge in [0.25, 0.3) is 0 Å². The summed E-state index contributed by atoms with van der Waals surface area (Å²) in [6, 6.07) is 4.21. The van der Waals surface area contributed by atoms with E-state index in [9.17, 15) is 9.18 Å². The zero-order chi connectivity index (χ0) is 14.0. The smallest absolute Gasteiger partial charge is 0.339 e. The third kappa shape index (κ3) is 2.85. The highest BCUT2D eigenvalue weighted by Gasteiger charge is 2.14. The van der Waals surface area contributed by atoms with Crippen LogP contribution in [0.5, 0.6) is 0 Å². The Labute approximate surface area is 113 Å². The van der Waals surface area contributed by atoms with Crippen molar-refractivity contribution in [3.8, 4) is 0 Å². The number of carboxylic acids is 1. The molecule has 1 heterocycles. The summed E-state index contributed by atoms with van der Waals surface area (Å²) in [4.78, 5) is 11.0. The molecule has 100 valence electrons. The van der Waals surface area contributed by atoms with Crippen molar-refractivity contribution in [1.82, 2.24) is 9.78 Å². The second-order valence-corrected chi connectivity index (χ2v) is 4.32. The summed E-state index contributed by atoms with van der Waals surface area (Å²) in [5.74, 6) is -1.54. The fourth-order valence-corrected chi connectivity index (χ4v) is 1.82. The van der Waals surface area contributed by atoms with Gasteiger partial charge in [-0.25, -0.2) is 9.18 Å². The maximum Gasteiger partial charge on any atom is 0.339 e. The van der Waals surface area contributed by atoms with Crippen LogP contribution in [-0.4, -0.2) is 20.9 Å². The van der Waals surface area contributed by atoms with Gasteiger partial charge in [0.2, 0.25) is 0 Å². The van der Waals surface area contributed by atoms with E-state index >= 15 is 0 Å². The topological polar surface area (TPSA) is 67.2 Å². The first-order chi connectivity index (χ1) is 8.99. The lowest BCUT2D eigenvalue weighted by Crippen LogP contribution is -2.10. The Bertz CT molecular complexity index is 627. The molecule has 0 aliphatic carbocycles. The van der Waals surface area contributed by atoms with Gasteiger partial charge in [0.1, 0.15) is 11.4 Å². The SMILES string of the molecule is Cn1ncc(C(=O)O)c1CNc1ccc(F)c(Cl)c1. The number of nitrogens with zero attached hydrogens (tertiary/aromatic N) is 2. The molecule has 0 atom stereocenters. The van der Waals surface area contributed by atoms with Crippen LogP contribution in [-0.2, 0) is 13.6 Å². The average Bonchev–Trinajstić information content (AvgIpc) is 2.72. The number of aromatic nitrogens is 2. The molecule has 0 fully saturated rings.